The summed E-state index contributed by atoms with van der Waals surface area (Å²) in [5, 5.41) is 8.90. The van der Waals surface area contributed by atoms with Crippen molar-refractivity contribution < 1.29 is 0 Å². The predicted molar refractivity (Wildman–Crippen MR) is 80.2 cm³/mol. The van der Waals surface area contributed by atoms with E-state index in [1.807, 2.05) is 23.4 Å². The van der Waals surface area contributed by atoms with E-state index in [9.17, 15) is 0 Å². The van der Waals surface area contributed by atoms with E-state index in [2.05, 4.69) is 23.6 Å². The van der Waals surface area contributed by atoms with Gasteiger partial charge in [0.25, 0.3) is 0 Å². The zero-order valence-electron chi connectivity index (χ0n) is 11.6. The second-order valence-corrected chi connectivity index (χ2v) is 6.16. The summed E-state index contributed by atoms with van der Waals surface area (Å²) in [5.41, 5.74) is 7.84. The molecule has 2 rings (SSSR count). The van der Waals surface area contributed by atoms with Crippen molar-refractivity contribution >= 4 is 23.3 Å². The van der Waals surface area contributed by atoms with Gasteiger partial charge in [0.1, 0.15) is 5.82 Å². The summed E-state index contributed by atoms with van der Waals surface area (Å²) in [6, 6.07) is 0.553. The number of aryl methyl sites for hydroxylation is 2. The Morgan fingerprint density at radius 3 is 2.61 bits per heavy atom. The van der Waals surface area contributed by atoms with Gasteiger partial charge in [-0.2, -0.15) is 16.9 Å². The molecule has 1 fully saturated rings. The SMILES string of the molecule is CCn1nc(C)c(N)c1NC1CCC(SC)CC1. The van der Waals surface area contributed by atoms with Crippen molar-refractivity contribution in [2.45, 2.75) is 57.4 Å². The Balaban J connectivity index is 2.02. The molecule has 0 aromatic carbocycles. The molecule has 102 valence electrons. The number of aromatic nitrogens is 2. The van der Waals surface area contributed by atoms with Crippen molar-refractivity contribution in [2.75, 3.05) is 17.3 Å². The molecule has 1 saturated carbocycles. The van der Waals surface area contributed by atoms with Crippen LogP contribution in [0.1, 0.15) is 38.3 Å². The molecule has 1 aliphatic carbocycles. The molecule has 0 aliphatic heterocycles. The maximum atomic E-state index is 6.10. The van der Waals surface area contributed by atoms with E-state index < -0.39 is 0 Å². The summed E-state index contributed by atoms with van der Waals surface area (Å²) in [5.74, 6) is 1.02. The van der Waals surface area contributed by atoms with E-state index in [1.165, 1.54) is 25.7 Å². The standard InChI is InChI=1S/C13H24N4S/c1-4-17-13(12(14)9(2)16-17)15-10-5-7-11(18-3)8-6-10/h10-11,15H,4-8,14H2,1-3H3. The molecule has 0 saturated heterocycles. The fraction of sp³-hybridized carbons (Fsp3) is 0.769. The smallest absolute Gasteiger partial charge is 0.148 e. The Kier molecular flexibility index (Phi) is 4.43. The minimum Gasteiger partial charge on any atom is -0.394 e. The molecule has 4 nitrogen and oxygen atoms in total. The molecule has 0 spiro atoms. The van der Waals surface area contributed by atoms with Crippen molar-refractivity contribution in [1.29, 1.82) is 0 Å². The highest BCUT2D eigenvalue weighted by molar-refractivity contribution is 7.99. The molecular weight excluding hydrogens is 244 g/mol. The van der Waals surface area contributed by atoms with Crippen LogP contribution >= 0.6 is 11.8 Å². The maximum Gasteiger partial charge on any atom is 0.148 e. The minimum atomic E-state index is 0.553. The first-order valence-electron chi connectivity index (χ1n) is 6.77. The van der Waals surface area contributed by atoms with Gasteiger partial charge in [0.15, 0.2) is 0 Å². The third-order valence-electron chi connectivity index (χ3n) is 3.82. The summed E-state index contributed by atoms with van der Waals surface area (Å²) < 4.78 is 1.98. The summed E-state index contributed by atoms with van der Waals surface area (Å²) >= 11 is 2.00. The third-order valence-corrected chi connectivity index (χ3v) is 4.96. The van der Waals surface area contributed by atoms with Crippen molar-refractivity contribution in [3.05, 3.63) is 5.69 Å². The highest BCUT2D eigenvalue weighted by atomic mass is 32.2. The predicted octanol–water partition coefficient (Wildman–Crippen LogP) is 2.88. The summed E-state index contributed by atoms with van der Waals surface area (Å²) in [7, 11) is 0. The molecule has 5 heteroatoms. The molecule has 1 aromatic rings. The molecule has 1 aliphatic rings. The zero-order valence-corrected chi connectivity index (χ0v) is 12.4. The topological polar surface area (TPSA) is 55.9 Å². The molecule has 18 heavy (non-hydrogen) atoms. The van der Waals surface area contributed by atoms with Crippen LogP contribution in [0.3, 0.4) is 0 Å². The Morgan fingerprint density at radius 2 is 2.06 bits per heavy atom. The average molecular weight is 268 g/mol. The van der Waals surface area contributed by atoms with Gasteiger partial charge in [0, 0.05) is 17.8 Å². The van der Waals surface area contributed by atoms with E-state index in [0.717, 1.165) is 29.0 Å². The quantitative estimate of drug-likeness (QED) is 0.881. The molecule has 0 radical (unpaired) electrons. The van der Waals surface area contributed by atoms with Gasteiger partial charge >= 0.3 is 0 Å². The van der Waals surface area contributed by atoms with Crippen LogP contribution in [0.5, 0.6) is 0 Å². The van der Waals surface area contributed by atoms with Gasteiger partial charge in [-0.1, -0.05) is 0 Å². The average Bonchev–Trinajstić information content (AvgIpc) is 2.67. The number of anilines is 2. The molecule has 0 bridgehead atoms. The van der Waals surface area contributed by atoms with Gasteiger partial charge in [-0.3, -0.25) is 0 Å². The molecule has 0 unspecified atom stereocenters. The minimum absolute atomic E-state index is 0.553. The van der Waals surface area contributed by atoms with E-state index in [4.69, 9.17) is 5.73 Å². The lowest BCUT2D eigenvalue weighted by molar-refractivity contribution is 0.469. The van der Waals surface area contributed by atoms with E-state index >= 15 is 0 Å². The highest BCUT2D eigenvalue weighted by Gasteiger charge is 2.22. The van der Waals surface area contributed by atoms with Crippen LogP contribution in [0, 0.1) is 6.92 Å². The van der Waals surface area contributed by atoms with Crippen LogP contribution < -0.4 is 11.1 Å². The van der Waals surface area contributed by atoms with Gasteiger partial charge < -0.3 is 11.1 Å². The maximum absolute atomic E-state index is 6.10. The molecule has 1 aromatic heterocycles. The highest BCUT2D eigenvalue weighted by Crippen LogP contribution is 2.30. The van der Waals surface area contributed by atoms with Crippen LogP contribution in [0.2, 0.25) is 0 Å². The lowest BCUT2D eigenvalue weighted by Gasteiger charge is -2.29. The molecule has 0 atom stereocenters. The van der Waals surface area contributed by atoms with Crippen LogP contribution in [-0.4, -0.2) is 27.3 Å². The summed E-state index contributed by atoms with van der Waals surface area (Å²) in [6.07, 6.45) is 7.29. The third kappa shape index (κ3) is 2.76. The molecular formula is C13H24N4S. The van der Waals surface area contributed by atoms with E-state index in [1.54, 1.807) is 0 Å². The Labute approximate surface area is 114 Å². The largest absolute Gasteiger partial charge is 0.394 e. The Morgan fingerprint density at radius 1 is 1.39 bits per heavy atom. The van der Waals surface area contributed by atoms with Gasteiger partial charge in [-0.15, -0.1) is 0 Å². The molecule has 1 heterocycles. The number of thioether (sulfide) groups is 1. The van der Waals surface area contributed by atoms with Crippen molar-refractivity contribution in [3.63, 3.8) is 0 Å². The lowest BCUT2D eigenvalue weighted by atomic mass is 9.95. The van der Waals surface area contributed by atoms with Gasteiger partial charge in [0.05, 0.1) is 11.4 Å². The number of nitrogens with two attached hydrogens (primary N) is 1. The monoisotopic (exact) mass is 268 g/mol. The first-order valence-corrected chi connectivity index (χ1v) is 8.06. The zero-order chi connectivity index (χ0) is 13.1. The first kappa shape index (κ1) is 13.6. The number of nitrogens with one attached hydrogen (secondary N) is 1. The van der Waals surface area contributed by atoms with Gasteiger partial charge in [-0.05, 0) is 45.8 Å². The number of nitrogen functional groups attached to an aromatic ring is 1. The molecule has 3 N–H and O–H groups in total. The van der Waals surface area contributed by atoms with E-state index in [-0.39, 0.29) is 0 Å². The van der Waals surface area contributed by atoms with Gasteiger partial charge in [-0.25, -0.2) is 4.68 Å². The summed E-state index contributed by atoms with van der Waals surface area (Å²) in [4.78, 5) is 0. The summed E-state index contributed by atoms with van der Waals surface area (Å²) in [6.45, 7) is 4.93. The van der Waals surface area contributed by atoms with Crippen molar-refractivity contribution in [1.82, 2.24) is 9.78 Å². The Hall–Kier alpha value is -0.840. The Bertz CT molecular complexity index is 394. The first-order chi connectivity index (χ1) is 8.65. The second kappa shape index (κ2) is 5.87. The van der Waals surface area contributed by atoms with Crippen LogP contribution in [0.15, 0.2) is 0 Å². The fourth-order valence-corrected chi connectivity index (χ4v) is 3.36. The number of nitrogens with zero attached hydrogens (tertiary/aromatic N) is 2. The van der Waals surface area contributed by atoms with Crippen LogP contribution in [-0.2, 0) is 6.54 Å². The van der Waals surface area contributed by atoms with Crippen molar-refractivity contribution in [3.8, 4) is 0 Å². The van der Waals surface area contributed by atoms with Crippen LogP contribution in [0.25, 0.3) is 0 Å². The lowest BCUT2D eigenvalue weighted by Crippen LogP contribution is -2.28. The van der Waals surface area contributed by atoms with Gasteiger partial charge in [0.2, 0.25) is 0 Å². The molecule has 0 amide bonds. The van der Waals surface area contributed by atoms with Crippen LogP contribution in [0.4, 0.5) is 11.5 Å². The number of hydrogen-bond donors (Lipinski definition) is 2. The fourth-order valence-electron chi connectivity index (χ4n) is 2.61. The second-order valence-electron chi connectivity index (χ2n) is 5.02. The van der Waals surface area contributed by atoms with E-state index in [0.29, 0.717) is 6.04 Å². The van der Waals surface area contributed by atoms with Crippen molar-refractivity contribution in [2.24, 2.45) is 0 Å². The number of rotatable bonds is 4. The normalized spacial score (nSPS) is 24.2. The number of hydrogen-bond acceptors (Lipinski definition) is 4.